The Morgan fingerprint density at radius 2 is 2.05 bits per heavy atom. The lowest BCUT2D eigenvalue weighted by molar-refractivity contribution is -0.119. The maximum absolute atomic E-state index is 11.5. The average Bonchev–Trinajstić information content (AvgIpc) is 2.98. The second-order valence-corrected chi connectivity index (χ2v) is 5.91. The fourth-order valence-electron chi connectivity index (χ4n) is 2.58. The lowest BCUT2D eigenvalue weighted by Gasteiger charge is -2.23. The van der Waals surface area contributed by atoms with Crippen molar-refractivity contribution in [1.29, 1.82) is 0 Å². The lowest BCUT2D eigenvalue weighted by Crippen LogP contribution is -2.40. The highest BCUT2D eigenvalue weighted by Gasteiger charge is 2.30. The van der Waals surface area contributed by atoms with Gasteiger partial charge in [-0.3, -0.25) is 4.79 Å². The molecule has 1 saturated heterocycles. The number of rotatable bonds is 3. The number of halogens is 1. The van der Waals surface area contributed by atoms with Gasteiger partial charge in [-0.1, -0.05) is 28.1 Å². The molecule has 1 fully saturated rings. The predicted molar refractivity (Wildman–Crippen MR) is 84.7 cm³/mol. The van der Waals surface area contributed by atoms with E-state index < -0.39 is 0 Å². The van der Waals surface area contributed by atoms with E-state index in [4.69, 9.17) is 5.73 Å². The molecule has 0 unspecified atom stereocenters. The summed E-state index contributed by atoms with van der Waals surface area (Å²) in [7, 11) is 0. The van der Waals surface area contributed by atoms with Gasteiger partial charge in [-0.25, -0.2) is 9.97 Å². The van der Waals surface area contributed by atoms with Gasteiger partial charge in [0.15, 0.2) is 5.82 Å². The second kappa shape index (κ2) is 5.81. The molecular weight excluding hydrogens is 332 g/mol. The fraction of sp³-hybridized carbons (Fsp3) is 0.267. The van der Waals surface area contributed by atoms with Crippen molar-refractivity contribution in [1.82, 2.24) is 9.97 Å². The average molecular weight is 347 g/mol. The standard InChI is InChI=1S/C15H15BrN4O/c16-11-5-3-10(4-6-11)15-18-8-7-13(19-15)20-9-1-2-12(20)14(17)21/h3-8,12H,1-2,9H2,(H2,17,21)/t12-/m0/s1. The molecule has 0 aliphatic carbocycles. The van der Waals surface area contributed by atoms with Crippen LogP contribution in [0, 0.1) is 0 Å². The molecule has 0 bridgehead atoms. The molecule has 1 aromatic carbocycles. The Balaban J connectivity index is 1.93. The first-order valence-corrected chi connectivity index (χ1v) is 7.59. The first kappa shape index (κ1) is 14.0. The number of primary amides is 1. The quantitative estimate of drug-likeness (QED) is 0.925. The van der Waals surface area contributed by atoms with Crippen molar-refractivity contribution in [2.75, 3.05) is 11.4 Å². The van der Waals surface area contributed by atoms with Crippen molar-refractivity contribution in [3.63, 3.8) is 0 Å². The Hall–Kier alpha value is -1.95. The molecule has 2 N–H and O–H groups in total. The minimum atomic E-state index is -0.295. The first-order chi connectivity index (χ1) is 10.1. The smallest absolute Gasteiger partial charge is 0.240 e. The molecule has 5 nitrogen and oxygen atoms in total. The van der Waals surface area contributed by atoms with Gasteiger partial charge in [0.1, 0.15) is 11.9 Å². The van der Waals surface area contributed by atoms with Crippen LogP contribution < -0.4 is 10.6 Å². The number of carbonyl (C=O) groups is 1. The van der Waals surface area contributed by atoms with Crippen LogP contribution in [-0.4, -0.2) is 28.5 Å². The number of aromatic nitrogens is 2. The molecule has 1 atom stereocenters. The van der Waals surface area contributed by atoms with Gasteiger partial charge in [0, 0.05) is 22.8 Å². The van der Waals surface area contributed by atoms with Crippen LogP contribution in [0.15, 0.2) is 41.0 Å². The van der Waals surface area contributed by atoms with Gasteiger partial charge in [-0.15, -0.1) is 0 Å². The maximum Gasteiger partial charge on any atom is 0.240 e. The van der Waals surface area contributed by atoms with Crippen LogP contribution >= 0.6 is 15.9 Å². The van der Waals surface area contributed by atoms with Gasteiger partial charge in [-0.2, -0.15) is 0 Å². The minimum Gasteiger partial charge on any atom is -0.368 e. The number of nitrogens with zero attached hydrogens (tertiary/aromatic N) is 3. The zero-order valence-corrected chi connectivity index (χ0v) is 13.0. The molecule has 1 aromatic heterocycles. The minimum absolute atomic E-state index is 0.266. The summed E-state index contributed by atoms with van der Waals surface area (Å²) in [5.41, 5.74) is 6.40. The van der Waals surface area contributed by atoms with Gasteiger partial charge in [0.05, 0.1) is 0 Å². The van der Waals surface area contributed by atoms with E-state index in [0.717, 1.165) is 35.2 Å². The number of anilines is 1. The van der Waals surface area contributed by atoms with Crippen molar-refractivity contribution in [2.24, 2.45) is 5.73 Å². The summed E-state index contributed by atoms with van der Waals surface area (Å²) in [5, 5.41) is 0. The van der Waals surface area contributed by atoms with Crippen LogP contribution in [0.3, 0.4) is 0 Å². The van der Waals surface area contributed by atoms with E-state index in [2.05, 4.69) is 25.9 Å². The Morgan fingerprint density at radius 3 is 2.76 bits per heavy atom. The summed E-state index contributed by atoms with van der Waals surface area (Å²) >= 11 is 3.41. The molecule has 1 aliphatic heterocycles. The molecule has 3 rings (SSSR count). The van der Waals surface area contributed by atoms with Gasteiger partial charge in [-0.05, 0) is 31.0 Å². The Morgan fingerprint density at radius 1 is 1.29 bits per heavy atom. The monoisotopic (exact) mass is 346 g/mol. The van der Waals surface area contributed by atoms with Gasteiger partial charge < -0.3 is 10.6 Å². The Bertz CT molecular complexity index is 659. The van der Waals surface area contributed by atoms with E-state index >= 15 is 0 Å². The second-order valence-electron chi connectivity index (χ2n) is 5.00. The third kappa shape index (κ3) is 2.90. The van der Waals surface area contributed by atoms with Crippen LogP contribution in [0.25, 0.3) is 11.4 Å². The van der Waals surface area contributed by atoms with Crippen LogP contribution in [0.1, 0.15) is 12.8 Å². The van der Waals surface area contributed by atoms with Crippen molar-refractivity contribution < 1.29 is 4.79 Å². The van der Waals surface area contributed by atoms with Gasteiger partial charge in [0.2, 0.25) is 5.91 Å². The van der Waals surface area contributed by atoms with Crippen LogP contribution in [-0.2, 0) is 4.79 Å². The van der Waals surface area contributed by atoms with Crippen molar-refractivity contribution in [3.8, 4) is 11.4 Å². The number of hydrogen-bond acceptors (Lipinski definition) is 4. The summed E-state index contributed by atoms with van der Waals surface area (Å²) in [5.74, 6) is 1.11. The molecule has 1 amide bonds. The number of hydrogen-bond donors (Lipinski definition) is 1. The van der Waals surface area contributed by atoms with E-state index in [9.17, 15) is 4.79 Å². The van der Waals surface area contributed by atoms with Crippen LogP contribution in [0.5, 0.6) is 0 Å². The lowest BCUT2D eigenvalue weighted by atomic mass is 10.2. The number of benzene rings is 1. The molecule has 108 valence electrons. The predicted octanol–water partition coefficient (Wildman–Crippen LogP) is 2.36. The first-order valence-electron chi connectivity index (χ1n) is 6.80. The highest BCUT2D eigenvalue weighted by molar-refractivity contribution is 9.10. The number of carbonyl (C=O) groups excluding carboxylic acids is 1. The summed E-state index contributed by atoms with van der Waals surface area (Å²) in [4.78, 5) is 22.4. The summed E-state index contributed by atoms with van der Waals surface area (Å²) < 4.78 is 1.01. The molecule has 0 spiro atoms. The van der Waals surface area contributed by atoms with Gasteiger partial charge >= 0.3 is 0 Å². The molecule has 0 saturated carbocycles. The zero-order chi connectivity index (χ0) is 14.8. The Labute approximate surface area is 131 Å². The van der Waals surface area contributed by atoms with Crippen LogP contribution in [0.4, 0.5) is 5.82 Å². The van der Waals surface area contributed by atoms with Crippen LogP contribution in [0.2, 0.25) is 0 Å². The fourth-order valence-corrected chi connectivity index (χ4v) is 2.85. The molecule has 0 radical (unpaired) electrons. The molecule has 6 heteroatoms. The summed E-state index contributed by atoms with van der Waals surface area (Å²) in [6.07, 6.45) is 3.45. The highest BCUT2D eigenvalue weighted by Crippen LogP contribution is 2.26. The third-order valence-corrected chi connectivity index (χ3v) is 4.15. The van der Waals surface area contributed by atoms with Gasteiger partial charge in [0.25, 0.3) is 0 Å². The summed E-state index contributed by atoms with van der Waals surface area (Å²) in [6.45, 7) is 0.796. The molecular formula is C15H15BrN4O. The normalized spacial score (nSPS) is 18.0. The summed E-state index contributed by atoms with van der Waals surface area (Å²) in [6, 6.07) is 9.37. The molecule has 21 heavy (non-hydrogen) atoms. The van der Waals surface area contributed by atoms with Crippen molar-refractivity contribution >= 4 is 27.7 Å². The van der Waals surface area contributed by atoms with Crippen molar-refractivity contribution in [3.05, 3.63) is 41.0 Å². The molecule has 2 heterocycles. The Kier molecular flexibility index (Phi) is 3.88. The van der Waals surface area contributed by atoms with E-state index in [1.807, 2.05) is 35.2 Å². The molecule has 1 aliphatic rings. The van der Waals surface area contributed by atoms with E-state index in [0.29, 0.717) is 5.82 Å². The topological polar surface area (TPSA) is 72.1 Å². The number of amides is 1. The third-order valence-electron chi connectivity index (χ3n) is 3.62. The van der Waals surface area contributed by atoms with E-state index in [1.54, 1.807) is 6.20 Å². The molecule has 2 aromatic rings. The largest absolute Gasteiger partial charge is 0.368 e. The van der Waals surface area contributed by atoms with E-state index in [-0.39, 0.29) is 11.9 Å². The highest BCUT2D eigenvalue weighted by atomic mass is 79.9. The number of nitrogens with two attached hydrogens (primary N) is 1. The zero-order valence-electron chi connectivity index (χ0n) is 11.4. The van der Waals surface area contributed by atoms with Crippen molar-refractivity contribution in [2.45, 2.75) is 18.9 Å². The van der Waals surface area contributed by atoms with E-state index in [1.165, 1.54) is 0 Å². The SMILES string of the molecule is NC(=O)[C@@H]1CCCN1c1ccnc(-c2ccc(Br)cc2)n1. The maximum atomic E-state index is 11.5.